The van der Waals surface area contributed by atoms with Crippen LogP contribution in [0.5, 0.6) is 5.88 Å². The number of rotatable bonds is 4. The number of nitrogens with zero attached hydrogens (tertiary/aromatic N) is 3. The lowest BCUT2D eigenvalue weighted by atomic mass is 9.84. The van der Waals surface area contributed by atoms with Crippen molar-refractivity contribution in [1.29, 1.82) is 0 Å². The summed E-state index contributed by atoms with van der Waals surface area (Å²) >= 11 is 0. The third-order valence-corrected chi connectivity index (χ3v) is 6.08. The molecule has 3 aliphatic rings. The Hall–Kier alpha value is -1.82. The van der Waals surface area contributed by atoms with Crippen molar-refractivity contribution >= 4 is 11.5 Å². The molecule has 2 saturated carbocycles. The number of nitrogens with one attached hydrogen (secondary N) is 1. The minimum absolute atomic E-state index is 0.0371. The van der Waals surface area contributed by atoms with Crippen LogP contribution in [0.25, 0.3) is 5.65 Å². The average molecular weight is 328 g/mol. The molecule has 2 bridgehead atoms. The Balaban J connectivity index is 1.58. The highest BCUT2D eigenvalue weighted by Crippen LogP contribution is 2.53. The molecule has 1 aliphatic heterocycles. The molecule has 2 aromatic rings. The largest absolute Gasteiger partial charge is 0.472 e. The van der Waals surface area contributed by atoms with Crippen LogP contribution >= 0.6 is 0 Å². The third-order valence-electron chi connectivity index (χ3n) is 6.08. The molecule has 0 amide bonds. The molecular formula is C18H24N4O2. The Bertz CT molecular complexity index is 788. The summed E-state index contributed by atoms with van der Waals surface area (Å²) in [5, 5.41) is 3.12. The fraction of sp³-hybridized carbons (Fsp3) is 0.667. The minimum atomic E-state index is 0.0371. The predicted molar refractivity (Wildman–Crippen MR) is 90.7 cm³/mol. The highest BCUT2D eigenvalue weighted by Gasteiger charge is 2.55. The predicted octanol–water partition coefficient (Wildman–Crippen LogP) is 2.91. The van der Waals surface area contributed by atoms with E-state index in [4.69, 9.17) is 14.5 Å². The van der Waals surface area contributed by atoms with Crippen LogP contribution in [0.3, 0.4) is 0 Å². The third kappa shape index (κ3) is 2.05. The Morgan fingerprint density at radius 1 is 1.29 bits per heavy atom. The fourth-order valence-corrected chi connectivity index (χ4v) is 4.32. The summed E-state index contributed by atoms with van der Waals surface area (Å²) in [5.41, 5.74) is 2.05. The molecule has 6 heteroatoms. The number of hydrogen-bond donors (Lipinski definition) is 1. The first-order valence-electron chi connectivity index (χ1n) is 8.98. The topological polar surface area (TPSA) is 60.7 Å². The second kappa shape index (κ2) is 4.85. The van der Waals surface area contributed by atoms with Crippen LogP contribution in [0.15, 0.2) is 12.4 Å². The van der Waals surface area contributed by atoms with Gasteiger partial charge in [-0.2, -0.15) is 4.98 Å². The van der Waals surface area contributed by atoms with Crippen LogP contribution in [0.1, 0.15) is 51.1 Å². The van der Waals surface area contributed by atoms with Gasteiger partial charge in [0.25, 0.3) is 5.88 Å². The maximum absolute atomic E-state index is 6.11. The molecule has 2 aromatic heterocycles. The van der Waals surface area contributed by atoms with Crippen LogP contribution in [-0.2, 0) is 10.2 Å². The smallest absolute Gasteiger partial charge is 0.260 e. The van der Waals surface area contributed by atoms with Crippen LogP contribution in [0.4, 0.5) is 5.82 Å². The fourth-order valence-electron chi connectivity index (χ4n) is 4.32. The molecule has 2 unspecified atom stereocenters. The molecule has 0 spiro atoms. The first-order valence-corrected chi connectivity index (χ1v) is 8.98. The molecule has 2 aliphatic carbocycles. The van der Waals surface area contributed by atoms with Gasteiger partial charge in [-0.25, -0.2) is 4.98 Å². The standard InChI is InChI=1S/C18H24N4O2/c1-17-6-7-18(10-17,11-23-17)13-8-22-9-14(19-2)21-16(15(22)20-13)24-12-4-3-5-12/h8-9,12,19H,3-7,10-11H2,1-2H3. The van der Waals surface area contributed by atoms with E-state index in [1.54, 1.807) is 0 Å². The molecule has 2 atom stereocenters. The molecule has 128 valence electrons. The molecule has 3 heterocycles. The first-order chi connectivity index (χ1) is 11.6. The summed E-state index contributed by atoms with van der Waals surface area (Å²) in [4.78, 5) is 9.56. The maximum Gasteiger partial charge on any atom is 0.260 e. The summed E-state index contributed by atoms with van der Waals surface area (Å²) in [5.74, 6) is 1.45. The van der Waals surface area contributed by atoms with Crippen LogP contribution in [0, 0.1) is 0 Å². The summed E-state index contributed by atoms with van der Waals surface area (Å²) in [7, 11) is 1.88. The molecule has 0 radical (unpaired) electrons. The SMILES string of the molecule is CNc1cn2cc(C34CCC(C)(C3)OC4)nc2c(OC2CCC2)n1. The summed E-state index contributed by atoms with van der Waals surface area (Å²) < 4.78 is 14.2. The normalized spacial score (nSPS) is 32.2. The van der Waals surface area contributed by atoms with Gasteiger partial charge < -0.3 is 14.8 Å². The number of imidazole rings is 1. The van der Waals surface area contributed by atoms with E-state index >= 15 is 0 Å². The summed E-state index contributed by atoms with van der Waals surface area (Å²) in [6, 6.07) is 0. The molecule has 24 heavy (non-hydrogen) atoms. The Morgan fingerprint density at radius 2 is 2.17 bits per heavy atom. The van der Waals surface area contributed by atoms with E-state index in [0.29, 0.717) is 5.88 Å². The van der Waals surface area contributed by atoms with Crippen LogP contribution in [0.2, 0.25) is 0 Å². The van der Waals surface area contributed by atoms with Gasteiger partial charge in [0, 0.05) is 18.7 Å². The molecule has 6 nitrogen and oxygen atoms in total. The lowest BCUT2D eigenvalue weighted by Gasteiger charge is -2.26. The van der Waals surface area contributed by atoms with Crippen molar-refractivity contribution in [2.75, 3.05) is 19.0 Å². The molecular weight excluding hydrogens is 304 g/mol. The van der Waals surface area contributed by atoms with E-state index in [-0.39, 0.29) is 17.1 Å². The number of aromatic nitrogens is 3. The van der Waals surface area contributed by atoms with E-state index in [0.717, 1.165) is 55.9 Å². The number of ether oxygens (including phenoxy) is 2. The highest BCUT2D eigenvalue weighted by atomic mass is 16.5. The maximum atomic E-state index is 6.11. The van der Waals surface area contributed by atoms with Gasteiger partial charge in [-0.1, -0.05) is 0 Å². The first kappa shape index (κ1) is 14.5. The molecule has 5 rings (SSSR count). The van der Waals surface area contributed by atoms with E-state index in [9.17, 15) is 0 Å². The molecule has 1 saturated heterocycles. The second-order valence-corrected chi connectivity index (χ2v) is 7.90. The number of anilines is 1. The van der Waals surface area contributed by atoms with Crippen molar-refractivity contribution in [2.24, 2.45) is 0 Å². The second-order valence-electron chi connectivity index (χ2n) is 7.90. The molecule has 3 fully saturated rings. The van der Waals surface area contributed by atoms with E-state index in [2.05, 4.69) is 27.8 Å². The zero-order chi connectivity index (χ0) is 16.4. The van der Waals surface area contributed by atoms with Gasteiger partial charge in [-0.3, -0.25) is 4.40 Å². The van der Waals surface area contributed by atoms with Gasteiger partial charge in [0.05, 0.1) is 24.1 Å². The minimum Gasteiger partial charge on any atom is -0.472 e. The lowest BCUT2D eigenvalue weighted by Crippen LogP contribution is -2.27. The van der Waals surface area contributed by atoms with E-state index in [1.165, 1.54) is 6.42 Å². The Labute approximate surface area is 141 Å². The monoisotopic (exact) mass is 328 g/mol. The Kier molecular flexibility index (Phi) is 2.93. The number of hydrogen-bond acceptors (Lipinski definition) is 5. The van der Waals surface area contributed by atoms with Crippen molar-refractivity contribution in [3.63, 3.8) is 0 Å². The van der Waals surface area contributed by atoms with E-state index < -0.39 is 0 Å². The van der Waals surface area contributed by atoms with Gasteiger partial charge in [0.15, 0.2) is 0 Å². The van der Waals surface area contributed by atoms with Crippen LogP contribution < -0.4 is 10.1 Å². The summed E-state index contributed by atoms with van der Waals surface area (Å²) in [6.45, 7) is 3.00. The van der Waals surface area contributed by atoms with Gasteiger partial charge in [0.1, 0.15) is 11.9 Å². The lowest BCUT2D eigenvalue weighted by molar-refractivity contribution is -0.00627. The molecule has 0 aromatic carbocycles. The zero-order valence-electron chi connectivity index (χ0n) is 14.3. The number of fused-ring (bicyclic) bond motifs is 3. The average Bonchev–Trinajstić information content (AvgIpc) is 3.20. The summed E-state index contributed by atoms with van der Waals surface area (Å²) in [6.07, 6.45) is 11.2. The van der Waals surface area contributed by atoms with Crippen molar-refractivity contribution in [2.45, 2.75) is 62.6 Å². The van der Waals surface area contributed by atoms with E-state index in [1.807, 2.05) is 13.2 Å². The quantitative estimate of drug-likeness (QED) is 0.935. The highest BCUT2D eigenvalue weighted by molar-refractivity contribution is 5.55. The van der Waals surface area contributed by atoms with Crippen LogP contribution in [-0.4, -0.2) is 39.7 Å². The van der Waals surface area contributed by atoms with Gasteiger partial charge in [-0.05, 0) is 45.4 Å². The Morgan fingerprint density at radius 3 is 2.75 bits per heavy atom. The zero-order valence-corrected chi connectivity index (χ0v) is 14.3. The van der Waals surface area contributed by atoms with Crippen molar-refractivity contribution < 1.29 is 9.47 Å². The van der Waals surface area contributed by atoms with Crippen molar-refractivity contribution in [3.05, 3.63) is 18.1 Å². The molecule has 1 N–H and O–H groups in total. The van der Waals surface area contributed by atoms with Gasteiger partial charge in [-0.15, -0.1) is 0 Å². The van der Waals surface area contributed by atoms with Crippen molar-refractivity contribution in [1.82, 2.24) is 14.4 Å². The van der Waals surface area contributed by atoms with Gasteiger partial charge >= 0.3 is 0 Å². The van der Waals surface area contributed by atoms with Crippen molar-refractivity contribution in [3.8, 4) is 5.88 Å². The van der Waals surface area contributed by atoms with Gasteiger partial charge in [0.2, 0.25) is 5.65 Å².